The highest BCUT2D eigenvalue weighted by molar-refractivity contribution is 9.10. The van der Waals surface area contributed by atoms with Crippen LogP contribution in [-0.2, 0) is 6.54 Å². The van der Waals surface area contributed by atoms with Crippen LogP contribution in [0.3, 0.4) is 0 Å². The molecule has 0 unspecified atom stereocenters. The molecule has 0 radical (unpaired) electrons. The Bertz CT molecular complexity index is 496. The van der Waals surface area contributed by atoms with Crippen LogP contribution in [0.1, 0.15) is 11.3 Å². The molecule has 0 spiro atoms. The van der Waals surface area contributed by atoms with E-state index in [1.807, 2.05) is 18.2 Å². The van der Waals surface area contributed by atoms with Crippen molar-refractivity contribution in [1.29, 1.82) is 0 Å². The van der Waals surface area contributed by atoms with E-state index >= 15 is 0 Å². The first-order valence-corrected chi connectivity index (χ1v) is 6.07. The van der Waals surface area contributed by atoms with Gasteiger partial charge in [0.15, 0.2) is 5.22 Å². The number of aryl methyl sites for hydroxylation is 1. The van der Waals surface area contributed by atoms with Gasteiger partial charge in [-0.25, -0.2) is 0 Å². The quantitative estimate of drug-likeness (QED) is 0.895. The number of nitrogens with one attached hydrogen (secondary N) is 1. The number of rotatable bonds is 3. The van der Waals surface area contributed by atoms with Gasteiger partial charge in [0.1, 0.15) is 5.76 Å². The van der Waals surface area contributed by atoms with Crippen molar-refractivity contribution in [2.45, 2.75) is 13.5 Å². The van der Waals surface area contributed by atoms with Crippen LogP contribution < -0.4 is 5.32 Å². The molecule has 16 heavy (non-hydrogen) atoms. The van der Waals surface area contributed by atoms with Crippen LogP contribution in [0, 0.1) is 6.92 Å². The number of halogens is 2. The smallest absolute Gasteiger partial charge is 0.193 e. The molecule has 2 aromatic rings. The third-order valence-corrected chi connectivity index (χ3v) is 3.53. The lowest BCUT2D eigenvalue weighted by atomic mass is 10.2. The predicted octanol–water partition coefficient (Wildman–Crippen LogP) is 4.62. The molecule has 2 rings (SSSR count). The maximum atomic E-state index is 5.69. The van der Waals surface area contributed by atoms with E-state index < -0.39 is 0 Å². The molecule has 0 atom stereocenters. The lowest BCUT2D eigenvalue weighted by Gasteiger charge is -2.08. The highest BCUT2D eigenvalue weighted by atomic mass is 79.9. The number of hydrogen-bond donors (Lipinski definition) is 1. The van der Waals surface area contributed by atoms with E-state index in [9.17, 15) is 0 Å². The van der Waals surface area contributed by atoms with Crippen LogP contribution in [0.2, 0.25) is 5.22 Å². The Morgan fingerprint density at radius 2 is 2.12 bits per heavy atom. The predicted molar refractivity (Wildman–Crippen MR) is 69.9 cm³/mol. The summed E-state index contributed by atoms with van der Waals surface area (Å²) in [5.74, 6) is 0.818. The lowest BCUT2D eigenvalue weighted by molar-refractivity contribution is 0.520. The summed E-state index contributed by atoms with van der Waals surface area (Å²) in [5.41, 5.74) is 2.25. The van der Waals surface area contributed by atoms with Crippen molar-refractivity contribution in [3.05, 3.63) is 51.3 Å². The third kappa shape index (κ3) is 2.60. The van der Waals surface area contributed by atoms with Crippen LogP contribution in [0.4, 0.5) is 5.69 Å². The number of furan rings is 1. The van der Waals surface area contributed by atoms with Gasteiger partial charge in [0.25, 0.3) is 0 Å². The van der Waals surface area contributed by atoms with Crippen LogP contribution in [0.15, 0.2) is 39.2 Å². The molecule has 0 saturated carbocycles. The average Bonchev–Trinajstić information content (AvgIpc) is 2.67. The SMILES string of the molecule is Cc1cccc(NCc2ccc(Cl)o2)c1Br. The minimum absolute atomic E-state index is 0.417. The minimum Gasteiger partial charge on any atom is -0.448 e. The van der Waals surface area contributed by atoms with Gasteiger partial charge in [0.2, 0.25) is 0 Å². The van der Waals surface area contributed by atoms with Gasteiger partial charge in [-0.3, -0.25) is 0 Å². The molecule has 4 heteroatoms. The molecule has 0 amide bonds. The van der Waals surface area contributed by atoms with Gasteiger partial charge in [0.05, 0.1) is 6.54 Å². The number of hydrogen-bond acceptors (Lipinski definition) is 2. The number of anilines is 1. The zero-order chi connectivity index (χ0) is 11.5. The van der Waals surface area contributed by atoms with E-state index in [1.165, 1.54) is 5.56 Å². The maximum Gasteiger partial charge on any atom is 0.193 e. The van der Waals surface area contributed by atoms with E-state index in [4.69, 9.17) is 16.0 Å². The van der Waals surface area contributed by atoms with Crippen molar-refractivity contribution in [3.8, 4) is 0 Å². The molecule has 0 aliphatic carbocycles. The summed E-state index contributed by atoms with van der Waals surface area (Å²) >= 11 is 9.23. The molecule has 0 aliphatic heterocycles. The summed E-state index contributed by atoms with van der Waals surface area (Å²) in [5, 5.41) is 3.70. The molecular weight excluding hydrogens is 289 g/mol. The largest absolute Gasteiger partial charge is 0.448 e. The highest BCUT2D eigenvalue weighted by Crippen LogP contribution is 2.26. The first-order valence-electron chi connectivity index (χ1n) is 4.90. The van der Waals surface area contributed by atoms with E-state index in [-0.39, 0.29) is 0 Å². The Labute approximate surface area is 108 Å². The van der Waals surface area contributed by atoms with Gasteiger partial charge in [-0.15, -0.1) is 0 Å². The molecule has 1 heterocycles. The summed E-state index contributed by atoms with van der Waals surface area (Å²) in [6.45, 7) is 2.67. The fourth-order valence-electron chi connectivity index (χ4n) is 1.41. The van der Waals surface area contributed by atoms with Gasteiger partial charge < -0.3 is 9.73 Å². The van der Waals surface area contributed by atoms with Crippen LogP contribution in [-0.4, -0.2) is 0 Å². The zero-order valence-electron chi connectivity index (χ0n) is 8.76. The molecule has 0 aliphatic rings. The molecule has 1 N–H and O–H groups in total. The normalized spacial score (nSPS) is 10.4. The minimum atomic E-state index is 0.417. The van der Waals surface area contributed by atoms with E-state index in [1.54, 1.807) is 6.07 Å². The van der Waals surface area contributed by atoms with Crippen LogP contribution in [0.5, 0.6) is 0 Å². The molecule has 0 fully saturated rings. The summed E-state index contributed by atoms with van der Waals surface area (Å²) in [6, 6.07) is 9.68. The van der Waals surface area contributed by atoms with Gasteiger partial charge in [0, 0.05) is 10.2 Å². The standard InChI is InChI=1S/C12H11BrClNO/c1-8-3-2-4-10(12(8)13)15-7-9-5-6-11(14)16-9/h2-6,15H,7H2,1H3. The molecule has 0 saturated heterocycles. The summed E-state index contributed by atoms with van der Waals surface area (Å²) < 4.78 is 6.34. The Morgan fingerprint density at radius 3 is 2.81 bits per heavy atom. The van der Waals surface area contributed by atoms with Crippen LogP contribution in [0.25, 0.3) is 0 Å². The van der Waals surface area contributed by atoms with Gasteiger partial charge in [-0.1, -0.05) is 12.1 Å². The lowest BCUT2D eigenvalue weighted by Crippen LogP contribution is -1.99. The summed E-state index contributed by atoms with van der Waals surface area (Å²) in [6.07, 6.45) is 0. The molecule has 84 valence electrons. The molecule has 1 aromatic heterocycles. The Hall–Kier alpha value is -0.930. The van der Waals surface area contributed by atoms with Crippen molar-refractivity contribution < 1.29 is 4.42 Å². The second-order valence-electron chi connectivity index (χ2n) is 3.50. The number of benzene rings is 1. The molecule has 1 aromatic carbocycles. The first-order chi connectivity index (χ1) is 7.66. The fraction of sp³-hybridized carbons (Fsp3) is 0.167. The van der Waals surface area contributed by atoms with Gasteiger partial charge in [-0.05, 0) is 58.2 Å². The van der Waals surface area contributed by atoms with Crippen LogP contribution >= 0.6 is 27.5 Å². The fourth-order valence-corrected chi connectivity index (χ4v) is 1.98. The van der Waals surface area contributed by atoms with Crippen molar-refractivity contribution in [3.63, 3.8) is 0 Å². The Balaban J connectivity index is 2.07. The Morgan fingerprint density at radius 1 is 1.31 bits per heavy atom. The summed E-state index contributed by atoms with van der Waals surface area (Å²) in [4.78, 5) is 0. The summed E-state index contributed by atoms with van der Waals surface area (Å²) in [7, 11) is 0. The third-order valence-electron chi connectivity index (χ3n) is 2.27. The van der Waals surface area contributed by atoms with E-state index in [2.05, 4.69) is 34.2 Å². The second kappa shape index (κ2) is 4.93. The highest BCUT2D eigenvalue weighted by Gasteiger charge is 2.03. The molecule has 0 bridgehead atoms. The van der Waals surface area contributed by atoms with Gasteiger partial charge in [-0.2, -0.15) is 0 Å². The second-order valence-corrected chi connectivity index (χ2v) is 4.66. The topological polar surface area (TPSA) is 25.2 Å². The van der Waals surface area contributed by atoms with E-state index in [0.717, 1.165) is 15.9 Å². The maximum absolute atomic E-state index is 5.69. The van der Waals surface area contributed by atoms with Crippen molar-refractivity contribution >= 4 is 33.2 Å². The van der Waals surface area contributed by atoms with Crippen molar-refractivity contribution in [1.82, 2.24) is 0 Å². The van der Waals surface area contributed by atoms with Crippen molar-refractivity contribution in [2.24, 2.45) is 0 Å². The van der Waals surface area contributed by atoms with E-state index in [0.29, 0.717) is 11.8 Å². The zero-order valence-corrected chi connectivity index (χ0v) is 11.1. The first kappa shape index (κ1) is 11.6. The molecule has 2 nitrogen and oxygen atoms in total. The van der Waals surface area contributed by atoms with Gasteiger partial charge >= 0.3 is 0 Å². The molecular formula is C12H11BrClNO. The van der Waals surface area contributed by atoms with Crippen molar-refractivity contribution in [2.75, 3.05) is 5.32 Å². The Kier molecular flexibility index (Phi) is 3.56. The average molecular weight is 301 g/mol. The monoisotopic (exact) mass is 299 g/mol.